The second-order valence-corrected chi connectivity index (χ2v) is 6.45. The highest BCUT2D eigenvalue weighted by Crippen LogP contribution is 2.15. The molecule has 28 heavy (non-hydrogen) atoms. The highest BCUT2D eigenvalue weighted by atomic mass is 16.2. The van der Waals surface area contributed by atoms with Crippen molar-refractivity contribution < 1.29 is 9.59 Å². The Morgan fingerprint density at radius 2 is 1.39 bits per heavy atom. The quantitative estimate of drug-likeness (QED) is 0.675. The normalized spacial score (nSPS) is 10.9. The summed E-state index contributed by atoms with van der Waals surface area (Å²) in [6, 6.07) is 3.54. The van der Waals surface area contributed by atoms with Crippen LogP contribution in [0, 0.1) is 13.8 Å². The predicted molar refractivity (Wildman–Crippen MR) is 104 cm³/mol. The second kappa shape index (κ2) is 7.67. The average Bonchev–Trinajstić information content (AvgIpc) is 3.31. The number of nitrogens with zero attached hydrogens (tertiary/aromatic N) is 6. The number of aromatic nitrogens is 6. The fraction of sp³-hybridized carbons (Fsp3) is 0.389. The van der Waals surface area contributed by atoms with Gasteiger partial charge in [0.1, 0.15) is 0 Å². The van der Waals surface area contributed by atoms with Crippen molar-refractivity contribution in [1.29, 1.82) is 0 Å². The van der Waals surface area contributed by atoms with Gasteiger partial charge < -0.3 is 10.6 Å². The maximum absolute atomic E-state index is 12.7. The number of hydrogen-bond acceptors (Lipinski definition) is 5. The fourth-order valence-corrected chi connectivity index (χ4v) is 2.96. The maximum Gasteiger partial charge on any atom is 0.278 e. The monoisotopic (exact) mass is 384 g/mol. The zero-order chi connectivity index (χ0) is 20.4. The van der Waals surface area contributed by atoms with E-state index in [0.717, 1.165) is 11.4 Å². The second-order valence-electron chi connectivity index (χ2n) is 6.45. The van der Waals surface area contributed by atoms with Crippen molar-refractivity contribution in [2.24, 2.45) is 7.05 Å². The minimum atomic E-state index is -0.498. The molecule has 10 nitrogen and oxygen atoms in total. The highest BCUT2D eigenvalue weighted by Gasteiger charge is 2.23. The Balaban J connectivity index is 1.81. The number of amides is 2. The number of anilines is 2. The van der Waals surface area contributed by atoms with Crippen LogP contribution in [-0.2, 0) is 20.1 Å². The van der Waals surface area contributed by atoms with E-state index in [-0.39, 0.29) is 11.3 Å². The van der Waals surface area contributed by atoms with Gasteiger partial charge in [0.05, 0.1) is 5.56 Å². The third-order valence-electron chi connectivity index (χ3n) is 4.33. The van der Waals surface area contributed by atoms with E-state index in [2.05, 4.69) is 25.9 Å². The molecule has 0 saturated carbocycles. The fourth-order valence-electron chi connectivity index (χ4n) is 2.96. The molecule has 0 fully saturated rings. The number of aryl methyl sites for hydroxylation is 5. The van der Waals surface area contributed by atoms with E-state index in [9.17, 15) is 9.59 Å². The van der Waals surface area contributed by atoms with Gasteiger partial charge in [0, 0.05) is 49.9 Å². The molecule has 0 aliphatic carbocycles. The first-order valence-electron chi connectivity index (χ1n) is 9.07. The Kier molecular flexibility index (Phi) is 5.30. The number of carbonyl (C=O) groups is 2. The summed E-state index contributed by atoms with van der Waals surface area (Å²) in [7, 11) is 1.65. The van der Waals surface area contributed by atoms with Crippen LogP contribution in [0.1, 0.15) is 46.1 Å². The maximum atomic E-state index is 12.7. The van der Waals surface area contributed by atoms with Crippen molar-refractivity contribution in [2.75, 3.05) is 10.6 Å². The number of rotatable bonds is 6. The van der Waals surface area contributed by atoms with Gasteiger partial charge in [-0.15, -0.1) is 0 Å². The molecule has 2 amide bonds. The van der Waals surface area contributed by atoms with Crippen LogP contribution in [0.3, 0.4) is 0 Å². The van der Waals surface area contributed by atoms with Gasteiger partial charge in [-0.2, -0.15) is 15.3 Å². The summed E-state index contributed by atoms with van der Waals surface area (Å²) in [5, 5.41) is 18.2. The lowest BCUT2D eigenvalue weighted by Crippen LogP contribution is -2.20. The molecule has 3 rings (SSSR count). The summed E-state index contributed by atoms with van der Waals surface area (Å²) in [6.45, 7) is 9.15. The van der Waals surface area contributed by atoms with E-state index >= 15 is 0 Å². The van der Waals surface area contributed by atoms with Gasteiger partial charge in [0.25, 0.3) is 11.8 Å². The van der Waals surface area contributed by atoms with E-state index in [4.69, 9.17) is 0 Å². The van der Waals surface area contributed by atoms with Crippen LogP contribution in [0.15, 0.2) is 18.3 Å². The Morgan fingerprint density at radius 3 is 1.86 bits per heavy atom. The average molecular weight is 384 g/mol. The van der Waals surface area contributed by atoms with Crippen LogP contribution in [0.25, 0.3) is 0 Å². The van der Waals surface area contributed by atoms with Gasteiger partial charge in [-0.3, -0.25) is 23.6 Å². The van der Waals surface area contributed by atoms with Gasteiger partial charge >= 0.3 is 0 Å². The van der Waals surface area contributed by atoms with Crippen molar-refractivity contribution >= 4 is 23.5 Å². The molecular formula is C18H24N8O2. The predicted octanol–water partition coefficient (Wildman–Crippen LogP) is 1.97. The minimum absolute atomic E-state index is 0.0235. The van der Waals surface area contributed by atoms with E-state index in [1.807, 2.05) is 27.7 Å². The molecule has 0 radical (unpaired) electrons. The minimum Gasteiger partial charge on any atom is -0.305 e. The lowest BCUT2D eigenvalue weighted by atomic mass is 10.2. The Labute approximate surface area is 162 Å². The molecule has 3 heterocycles. The first-order valence-corrected chi connectivity index (χ1v) is 9.07. The van der Waals surface area contributed by atoms with Crippen molar-refractivity contribution in [2.45, 2.75) is 40.8 Å². The van der Waals surface area contributed by atoms with E-state index in [0.29, 0.717) is 24.7 Å². The summed E-state index contributed by atoms with van der Waals surface area (Å²) in [6.07, 6.45) is 1.50. The van der Waals surface area contributed by atoms with Crippen LogP contribution in [0.2, 0.25) is 0 Å². The van der Waals surface area contributed by atoms with Crippen molar-refractivity contribution in [3.63, 3.8) is 0 Å². The molecule has 0 atom stereocenters. The number of hydrogen-bond donors (Lipinski definition) is 2. The van der Waals surface area contributed by atoms with Gasteiger partial charge in [0.2, 0.25) is 0 Å². The van der Waals surface area contributed by atoms with Gasteiger partial charge in [0.15, 0.2) is 17.3 Å². The summed E-state index contributed by atoms with van der Waals surface area (Å²) < 4.78 is 4.97. The largest absolute Gasteiger partial charge is 0.305 e. The summed E-state index contributed by atoms with van der Waals surface area (Å²) in [4.78, 5) is 25.4. The number of nitrogens with one attached hydrogen (secondary N) is 2. The van der Waals surface area contributed by atoms with Crippen molar-refractivity contribution in [1.82, 2.24) is 29.3 Å². The smallest absolute Gasteiger partial charge is 0.278 e. The Bertz CT molecular complexity index is 947. The zero-order valence-electron chi connectivity index (χ0n) is 16.6. The zero-order valence-corrected chi connectivity index (χ0v) is 16.6. The molecule has 10 heteroatoms. The van der Waals surface area contributed by atoms with E-state index < -0.39 is 11.8 Å². The number of carbonyl (C=O) groups excluding carboxylic acids is 2. The van der Waals surface area contributed by atoms with Crippen LogP contribution in [0.5, 0.6) is 0 Å². The van der Waals surface area contributed by atoms with Crippen LogP contribution >= 0.6 is 0 Å². The third-order valence-corrected chi connectivity index (χ3v) is 4.33. The molecule has 0 unspecified atom stereocenters. The molecular weight excluding hydrogens is 360 g/mol. The standard InChI is InChI=1S/C18H24N8O2/c1-6-25-11(3)8-14(21-25)19-17(27)13-10-24(5)23-16(13)18(28)20-15-9-12(4)26(7-2)22-15/h8-10H,6-7H2,1-5H3,(H,19,21,27)(H,20,22,28). The Hall–Kier alpha value is -3.43. The van der Waals surface area contributed by atoms with E-state index in [1.165, 1.54) is 10.9 Å². The van der Waals surface area contributed by atoms with E-state index in [1.54, 1.807) is 28.5 Å². The lowest BCUT2D eigenvalue weighted by Gasteiger charge is -2.03. The van der Waals surface area contributed by atoms with Crippen LogP contribution in [-0.4, -0.2) is 41.2 Å². The third kappa shape index (κ3) is 3.80. The summed E-state index contributed by atoms with van der Waals surface area (Å²) >= 11 is 0. The van der Waals surface area contributed by atoms with Crippen molar-refractivity contribution in [3.8, 4) is 0 Å². The first-order chi connectivity index (χ1) is 13.3. The lowest BCUT2D eigenvalue weighted by molar-refractivity contribution is 0.0987. The van der Waals surface area contributed by atoms with Gasteiger partial charge in [-0.25, -0.2) is 0 Å². The summed E-state index contributed by atoms with van der Waals surface area (Å²) in [5.41, 5.74) is 2.05. The van der Waals surface area contributed by atoms with Gasteiger partial charge in [-0.05, 0) is 27.7 Å². The molecule has 0 aromatic carbocycles. The molecule has 2 N–H and O–H groups in total. The molecule has 0 spiro atoms. The summed E-state index contributed by atoms with van der Waals surface area (Å²) in [5.74, 6) is -0.105. The Morgan fingerprint density at radius 1 is 0.893 bits per heavy atom. The van der Waals surface area contributed by atoms with Crippen molar-refractivity contribution in [3.05, 3.63) is 41.0 Å². The molecule has 0 aliphatic heterocycles. The first kappa shape index (κ1) is 19.3. The molecule has 0 aliphatic rings. The van der Waals surface area contributed by atoms with Gasteiger partial charge in [-0.1, -0.05) is 0 Å². The van der Waals surface area contributed by atoms with Crippen LogP contribution in [0.4, 0.5) is 11.6 Å². The topological polar surface area (TPSA) is 112 Å². The molecule has 0 saturated heterocycles. The molecule has 3 aromatic rings. The molecule has 3 aromatic heterocycles. The molecule has 148 valence electrons. The van der Waals surface area contributed by atoms with Crippen LogP contribution < -0.4 is 10.6 Å². The SMILES string of the molecule is CCn1nc(NC(=O)c2cn(C)nc2C(=O)Nc2cc(C)n(CC)n2)cc1C. The highest BCUT2D eigenvalue weighted by molar-refractivity contribution is 6.13. The molecule has 0 bridgehead atoms.